The second kappa shape index (κ2) is 5.30. The number of halogens is 5. The lowest BCUT2D eigenvalue weighted by Gasteiger charge is -2.04. The summed E-state index contributed by atoms with van der Waals surface area (Å²) in [5, 5.41) is 3.80. The number of fused-ring (bicyclic) bond motifs is 1. The van der Waals surface area contributed by atoms with E-state index in [0.717, 1.165) is 16.3 Å². The molecule has 0 bridgehead atoms. The molecule has 0 spiro atoms. The average Bonchev–Trinajstić information content (AvgIpc) is 2.95. The van der Waals surface area contributed by atoms with Gasteiger partial charge in [-0.15, -0.1) is 5.10 Å². The normalized spacial score (nSPS) is 11.4. The van der Waals surface area contributed by atoms with E-state index >= 15 is 0 Å². The fourth-order valence-electron chi connectivity index (χ4n) is 1.78. The quantitative estimate of drug-likeness (QED) is 0.331. The number of anilines is 1. The van der Waals surface area contributed by atoms with Gasteiger partial charge in [-0.1, -0.05) is 11.8 Å². The van der Waals surface area contributed by atoms with Gasteiger partial charge in [0.2, 0.25) is 11.8 Å². The lowest BCUT2D eigenvalue weighted by Crippen LogP contribution is -2.06. The fraction of sp³-hybridized carbons (Fsp3) is 0.0909. The molecule has 3 rings (SSSR count). The maximum atomic E-state index is 13.8. The zero-order chi connectivity index (χ0) is 16.9. The summed E-state index contributed by atoms with van der Waals surface area (Å²) in [7, 11) is 0. The molecule has 0 saturated carbocycles. The number of nitrogen functional groups attached to an aromatic ring is 1. The highest BCUT2D eigenvalue weighted by atomic mass is 32.2. The fourth-order valence-corrected chi connectivity index (χ4v) is 2.14. The number of nitrogens with two attached hydrogens (primary N) is 1. The van der Waals surface area contributed by atoms with Gasteiger partial charge >= 0.3 is 0 Å². The summed E-state index contributed by atoms with van der Waals surface area (Å²) in [6.45, 7) is 0. The SMILES string of the molecule is CSc1nc(N)n2nc(-c3c(F)c(F)c(F)c(F)c3F)nc2n1. The number of rotatable bonds is 2. The van der Waals surface area contributed by atoms with Crippen LogP contribution in [0.3, 0.4) is 0 Å². The Morgan fingerprint density at radius 2 is 1.43 bits per heavy atom. The van der Waals surface area contributed by atoms with Gasteiger partial charge in [0.15, 0.2) is 34.2 Å². The lowest BCUT2D eigenvalue weighted by molar-refractivity contribution is 0.381. The molecule has 120 valence electrons. The molecule has 1 aromatic carbocycles. The van der Waals surface area contributed by atoms with E-state index in [1.165, 1.54) is 0 Å². The molecule has 12 heteroatoms. The standard InChI is InChI=1S/C11H5F5N6S/c1-23-11-19-9(17)22-10(20-11)18-8(21-22)2-3(12)5(14)7(16)6(15)4(2)13/h1H3,(H2,17,18,19,20,21). The van der Waals surface area contributed by atoms with Crippen LogP contribution in [0, 0.1) is 29.1 Å². The van der Waals surface area contributed by atoms with Crippen molar-refractivity contribution in [1.82, 2.24) is 24.6 Å². The summed E-state index contributed by atoms with van der Waals surface area (Å²) in [4.78, 5) is 11.4. The first-order valence-corrected chi connectivity index (χ1v) is 7.03. The first kappa shape index (κ1) is 15.4. The highest BCUT2D eigenvalue weighted by Crippen LogP contribution is 2.30. The summed E-state index contributed by atoms with van der Waals surface area (Å²) >= 11 is 1.11. The van der Waals surface area contributed by atoms with Crippen molar-refractivity contribution in [2.75, 3.05) is 12.0 Å². The Kier molecular flexibility index (Phi) is 3.55. The molecule has 0 saturated heterocycles. The van der Waals surface area contributed by atoms with Crippen molar-refractivity contribution < 1.29 is 22.0 Å². The van der Waals surface area contributed by atoms with Crippen LogP contribution in [0.2, 0.25) is 0 Å². The van der Waals surface area contributed by atoms with E-state index in [1.54, 1.807) is 6.26 Å². The Morgan fingerprint density at radius 3 is 2.00 bits per heavy atom. The van der Waals surface area contributed by atoms with Gasteiger partial charge in [0.1, 0.15) is 0 Å². The van der Waals surface area contributed by atoms with E-state index < -0.39 is 40.5 Å². The largest absolute Gasteiger partial charge is 0.368 e. The van der Waals surface area contributed by atoms with E-state index in [0.29, 0.717) is 0 Å². The second-order valence-corrected chi connectivity index (χ2v) is 4.93. The summed E-state index contributed by atoms with van der Waals surface area (Å²) in [5.74, 6) is -11.7. The second-order valence-electron chi connectivity index (χ2n) is 4.16. The molecule has 0 aliphatic heterocycles. The number of benzene rings is 1. The molecule has 0 unspecified atom stereocenters. The Morgan fingerprint density at radius 1 is 0.870 bits per heavy atom. The van der Waals surface area contributed by atoms with E-state index in [4.69, 9.17) is 5.73 Å². The van der Waals surface area contributed by atoms with Gasteiger partial charge in [-0.25, -0.2) is 22.0 Å². The minimum absolute atomic E-state index is 0.194. The predicted octanol–water partition coefficient (Wildman–Crippen LogP) is 2.19. The topological polar surface area (TPSA) is 82.0 Å². The highest BCUT2D eigenvalue weighted by Gasteiger charge is 2.29. The van der Waals surface area contributed by atoms with Crippen molar-refractivity contribution in [2.45, 2.75) is 5.16 Å². The molecular formula is C11H5F5N6S. The molecule has 0 aliphatic rings. The summed E-state index contributed by atoms with van der Waals surface area (Å²) < 4.78 is 68.0. The van der Waals surface area contributed by atoms with Crippen LogP contribution in [0.25, 0.3) is 17.2 Å². The molecule has 2 aromatic heterocycles. The van der Waals surface area contributed by atoms with Crippen molar-refractivity contribution in [2.24, 2.45) is 0 Å². The van der Waals surface area contributed by atoms with E-state index in [-0.39, 0.29) is 16.9 Å². The van der Waals surface area contributed by atoms with E-state index in [1.807, 2.05) is 0 Å². The molecule has 2 heterocycles. The van der Waals surface area contributed by atoms with Gasteiger partial charge < -0.3 is 5.73 Å². The van der Waals surface area contributed by atoms with Crippen LogP contribution in [-0.4, -0.2) is 30.8 Å². The van der Waals surface area contributed by atoms with Crippen LogP contribution in [0.1, 0.15) is 0 Å². The molecule has 0 amide bonds. The van der Waals surface area contributed by atoms with E-state index in [2.05, 4.69) is 20.1 Å². The summed E-state index contributed by atoms with van der Waals surface area (Å²) in [5.41, 5.74) is 4.32. The maximum absolute atomic E-state index is 13.8. The Labute approximate surface area is 128 Å². The van der Waals surface area contributed by atoms with Crippen molar-refractivity contribution in [3.63, 3.8) is 0 Å². The Bertz CT molecular complexity index is 914. The minimum atomic E-state index is -2.27. The third-order valence-electron chi connectivity index (χ3n) is 2.83. The number of thioether (sulfide) groups is 1. The molecule has 0 atom stereocenters. The van der Waals surface area contributed by atoms with Crippen LogP contribution >= 0.6 is 11.8 Å². The first-order valence-electron chi connectivity index (χ1n) is 5.81. The third kappa shape index (κ3) is 2.25. The molecule has 3 aromatic rings. The average molecular weight is 348 g/mol. The van der Waals surface area contributed by atoms with Gasteiger partial charge in [-0.2, -0.15) is 19.5 Å². The zero-order valence-electron chi connectivity index (χ0n) is 11.1. The van der Waals surface area contributed by atoms with E-state index in [9.17, 15) is 22.0 Å². The van der Waals surface area contributed by atoms with Crippen molar-refractivity contribution in [1.29, 1.82) is 0 Å². The van der Waals surface area contributed by atoms with Crippen molar-refractivity contribution in [3.8, 4) is 11.4 Å². The number of hydrogen-bond donors (Lipinski definition) is 1. The monoisotopic (exact) mass is 348 g/mol. The van der Waals surface area contributed by atoms with Crippen molar-refractivity contribution >= 4 is 23.5 Å². The Hall–Kier alpha value is -2.50. The molecule has 0 radical (unpaired) electrons. The molecule has 2 N–H and O–H groups in total. The maximum Gasteiger partial charge on any atom is 0.258 e. The predicted molar refractivity (Wildman–Crippen MR) is 70.0 cm³/mol. The molecule has 0 fully saturated rings. The van der Waals surface area contributed by atoms with Crippen LogP contribution < -0.4 is 5.73 Å². The number of aromatic nitrogens is 5. The first-order chi connectivity index (χ1) is 10.8. The van der Waals surface area contributed by atoms with Crippen LogP contribution in [0.4, 0.5) is 27.9 Å². The molecule has 23 heavy (non-hydrogen) atoms. The minimum Gasteiger partial charge on any atom is -0.368 e. The van der Waals surface area contributed by atoms with Gasteiger partial charge in [-0.05, 0) is 6.26 Å². The lowest BCUT2D eigenvalue weighted by atomic mass is 10.1. The Balaban J connectivity index is 2.32. The van der Waals surface area contributed by atoms with Crippen LogP contribution in [0.15, 0.2) is 5.16 Å². The van der Waals surface area contributed by atoms with Gasteiger partial charge in [-0.3, -0.25) is 0 Å². The highest BCUT2D eigenvalue weighted by molar-refractivity contribution is 7.98. The smallest absolute Gasteiger partial charge is 0.258 e. The molecule has 0 aliphatic carbocycles. The van der Waals surface area contributed by atoms with Gasteiger partial charge in [0, 0.05) is 0 Å². The van der Waals surface area contributed by atoms with Crippen molar-refractivity contribution in [3.05, 3.63) is 29.1 Å². The van der Waals surface area contributed by atoms with Crippen LogP contribution in [-0.2, 0) is 0 Å². The summed E-state index contributed by atoms with van der Waals surface area (Å²) in [6, 6.07) is 0. The number of hydrogen-bond acceptors (Lipinski definition) is 6. The zero-order valence-corrected chi connectivity index (χ0v) is 11.9. The van der Waals surface area contributed by atoms with Gasteiger partial charge in [0.05, 0.1) is 5.56 Å². The molecule has 6 nitrogen and oxygen atoms in total. The van der Waals surface area contributed by atoms with Crippen LogP contribution in [0.5, 0.6) is 0 Å². The third-order valence-corrected chi connectivity index (χ3v) is 3.38. The molecular weight excluding hydrogens is 343 g/mol. The summed E-state index contributed by atoms with van der Waals surface area (Å²) in [6.07, 6.45) is 1.65. The van der Waals surface area contributed by atoms with Gasteiger partial charge in [0.25, 0.3) is 5.78 Å². The number of nitrogens with zero attached hydrogens (tertiary/aromatic N) is 5.